The van der Waals surface area contributed by atoms with Crippen LogP contribution in [0.25, 0.3) is 0 Å². The van der Waals surface area contributed by atoms with Crippen molar-refractivity contribution >= 4 is 17.7 Å². The summed E-state index contributed by atoms with van der Waals surface area (Å²) in [6.45, 7) is 0. The summed E-state index contributed by atoms with van der Waals surface area (Å²) in [5.74, 6) is 2.56. The number of hydrogen-bond acceptors (Lipinski definition) is 2. The molecule has 3 atom stereocenters. The van der Waals surface area contributed by atoms with Gasteiger partial charge in [0.2, 0.25) is 5.91 Å². The Bertz CT molecular complexity index is 204. The van der Waals surface area contributed by atoms with Gasteiger partial charge in [-0.3, -0.25) is 4.79 Å². The maximum absolute atomic E-state index is 11.0. The first kappa shape index (κ1) is 5.47. The number of fused-ring (bicyclic) bond motifs is 3. The standard InChI is InChI=1S/C7H9NOS/c9-6-2-7-8(6)5-1-4(5)3-10-7/h4-5,7H,1-3H2. The van der Waals surface area contributed by atoms with Crippen LogP contribution < -0.4 is 0 Å². The third-order valence-electron chi connectivity index (χ3n) is 2.69. The Balaban J connectivity index is 1.87. The van der Waals surface area contributed by atoms with Gasteiger partial charge in [0.05, 0.1) is 11.8 Å². The largest absolute Gasteiger partial charge is 0.327 e. The highest BCUT2D eigenvalue weighted by Crippen LogP contribution is 2.51. The first-order valence-corrected chi connectivity index (χ1v) is 4.84. The van der Waals surface area contributed by atoms with E-state index in [0.29, 0.717) is 17.3 Å². The molecule has 1 saturated carbocycles. The lowest BCUT2D eigenvalue weighted by molar-refractivity contribution is -0.142. The molecule has 10 heavy (non-hydrogen) atoms. The third kappa shape index (κ3) is 0.506. The Labute approximate surface area is 64.0 Å². The smallest absolute Gasteiger partial charge is 0.226 e. The molecule has 0 bridgehead atoms. The Morgan fingerprint density at radius 2 is 2.50 bits per heavy atom. The number of carbonyl (C=O) groups is 1. The quantitative estimate of drug-likeness (QED) is 0.479. The normalized spacial score (nSPS) is 49.4. The van der Waals surface area contributed by atoms with Crippen molar-refractivity contribution < 1.29 is 4.79 Å². The maximum Gasteiger partial charge on any atom is 0.226 e. The van der Waals surface area contributed by atoms with E-state index in [1.807, 2.05) is 11.8 Å². The zero-order chi connectivity index (χ0) is 6.72. The van der Waals surface area contributed by atoms with Crippen LogP contribution in [0.15, 0.2) is 0 Å². The van der Waals surface area contributed by atoms with E-state index in [2.05, 4.69) is 4.90 Å². The number of carbonyl (C=O) groups excluding carboxylic acids is 1. The van der Waals surface area contributed by atoms with Crippen molar-refractivity contribution in [1.29, 1.82) is 0 Å². The Morgan fingerprint density at radius 1 is 1.60 bits per heavy atom. The van der Waals surface area contributed by atoms with E-state index in [9.17, 15) is 4.79 Å². The van der Waals surface area contributed by atoms with Gasteiger partial charge in [-0.15, -0.1) is 11.8 Å². The SMILES string of the molecule is O=C1CC2SCC3CC3N12. The van der Waals surface area contributed by atoms with Crippen molar-refractivity contribution in [3.05, 3.63) is 0 Å². The molecule has 54 valence electrons. The highest BCUT2D eigenvalue weighted by Gasteiger charge is 2.55. The summed E-state index contributed by atoms with van der Waals surface area (Å²) >= 11 is 1.97. The lowest BCUT2D eigenvalue weighted by atomic mass is 10.2. The molecular weight excluding hydrogens is 146 g/mol. The monoisotopic (exact) mass is 155 g/mol. The van der Waals surface area contributed by atoms with Gasteiger partial charge in [0.15, 0.2) is 0 Å². The van der Waals surface area contributed by atoms with Crippen LogP contribution in [0.4, 0.5) is 0 Å². The molecule has 0 N–H and O–H groups in total. The van der Waals surface area contributed by atoms with Crippen LogP contribution in [0.1, 0.15) is 12.8 Å². The minimum Gasteiger partial charge on any atom is -0.327 e. The van der Waals surface area contributed by atoms with Crippen molar-refractivity contribution in [3.8, 4) is 0 Å². The van der Waals surface area contributed by atoms with Crippen molar-refractivity contribution in [2.75, 3.05) is 5.75 Å². The van der Waals surface area contributed by atoms with E-state index in [1.54, 1.807) is 0 Å². The van der Waals surface area contributed by atoms with E-state index >= 15 is 0 Å². The molecule has 3 unspecified atom stereocenters. The molecule has 3 heteroatoms. The van der Waals surface area contributed by atoms with Gasteiger partial charge in [-0.2, -0.15) is 0 Å². The molecule has 0 aromatic rings. The summed E-state index contributed by atoms with van der Waals surface area (Å²) in [5.41, 5.74) is 0. The van der Waals surface area contributed by atoms with Gasteiger partial charge in [0.1, 0.15) is 0 Å². The van der Waals surface area contributed by atoms with Gasteiger partial charge in [0.25, 0.3) is 0 Å². The molecule has 3 fully saturated rings. The molecule has 3 aliphatic rings. The Morgan fingerprint density at radius 3 is 3.20 bits per heavy atom. The molecule has 0 radical (unpaired) electrons. The van der Waals surface area contributed by atoms with Crippen LogP contribution in [0.3, 0.4) is 0 Å². The highest BCUT2D eigenvalue weighted by atomic mass is 32.2. The molecule has 0 aromatic heterocycles. The lowest BCUT2D eigenvalue weighted by Gasteiger charge is -2.43. The predicted octanol–water partition coefficient (Wildman–Crippen LogP) is 0.680. The van der Waals surface area contributed by atoms with E-state index in [1.165, 1.54) is 12.2 Å². The minimum absolute atomic E-state index is 0.393. The molecule has 2 aliphatic heterocycles. The fourth-order valence-electron chi connectivity index (χ4n) is 1.93. The van der Waals surface area contributed by atoms with E-state index in [4.69, 9.17) is 0 Å². The maximum atomic E-state index is 11.0. The van der Waals surface area contributed by atoms with Gasteiger partial charge in [0, 0.05) is 11.8 Å². The summed E-state index contributed by atoms with van der Waals surface area (Å²) in [7, 11) is 0. The van der Waals surface area contributed by atoms with Crippen molar-refractivity contribution in [3.63, 3.8) is 0 Å². The summed E-state index contributed by atoms with van der Waals surface area (Å²) in [6, 6.07) is 0.674. The number of rotatable bonds is 0. The summed E-state index contributed by atoms with van der Waals surface area (Å²) in [4.78, 5) is 13.1. The van der Waals surface area contributed by atoms with Gasteiger partial charge in [-0.1, -0.05) is 0 Å². The second-order valence-corrected chi connectivity index (χ2v) is 4.57. The average Bonchev–Trinajstić information content (AvgIpc) is 2.61. The predicted molar refractivity (Wildman–Crippen MR) is 39.6 cm³/mol. The summed E-state index contributed by atoms with van der Waals surface area (Å²) in [6.07, 6.45) is 2.10. The van der Waals surface area contributed by atoms with E-state index < -0.39 is 0 Å². The molecule has 2 heterocycles. The van der Waals surface area contributed by atoms with Crippen LogP contribution in [-0.2, 0) is 4.79 Å². The van der Waals surface area contributed by atoms with Crippen LogP contribution in [-0.4, -0.2) is 28.0 Å². The van der Waals surface area contributed by atoms with Gasteiger partial charge in [-0.25, -0.2) is 0 Å². The van der Waals surface area contributed by atoms with Crippen molar-refractivity contribution in [1.82, 2.24) is 4.90 Å². The second kappa shape index (κ2) is 1.52. The van der Waals surface area contributed by atoms with Crippen molar-refractivity contribution in [2.45, 2.75) is 24.3 Å². The molecule has 1 aliphatic carbocycles. The molecule has 2 nitrogen and oxygen atoms in total. The van der Waals surface area contributed by atoms with E-state index in [0.717, 1.165) is 12.3 Å². The van der Waals surface area contributed by atoms with Crippen LogP contribution in [0.5, 0.6) is 0 Å². The number of β-lactam (4-membered cyclic amide) rings is 1. The average molecular weight is 155 g/mol. The zero-order valence-corrected chi connectivity index (χ0v) is 6.43. The Kier molecular flexibility index (Phi) is 0.833. The number of hydrogen-bond donors (Lipinski definition) is 0. The highest BCUT2D eigenvalue weighted by molar-refractivity contribution is 8.00. The fourth-order valence-corrected chi connectivity index (χ4v) is 3.45. The second-order valence-electron chi connectivity index (χ2n) is 3.36. The lowest BCUT2D eigenvalue weighted by Crippen LogP contribution is -2.54. The van der Waals surface area contributed by atoms with Crippen LogP contribution in [0.2, 0.25) is 0 Å². The summed E-state index contributed by atoms with van der Waals surface area (Å²) < 4.78 is 0. The molecule has 1 amide bonds. The molecule has 2 saturated heterocycles. The molecular formula is C7H9NOS. The molecule has 0 aromatic carbocycles. The van der Waals surface area contributed by atoms with Gasteiger partial charge in [-0.05, 0) is 12.3 Å². The van der Waals surface area contributed by atoms with Crippen LogP contribution >= 0.6 is 11.8 Å². The topological polar surface area (TPSA) is 20.3 Å². The summed E-state index contributed by atoms with van der Waals surface area (Å²) in [5, 5.41) is 0.580. The number of thioether (sulfide) groups is 1. The van der Waals surface area contributed by atoms with Crippen molar-refractivity contribution in [2.24, 2.45) is 5.92 Å². The van der Waals surface area contributed by atoms with Gasteiger partial charge < -0.3 is 4.90 Å². The fraction of sp³-hybridized carbons (Fsp3) is 0.857. The number of amides is 1. The molecule has 0 spiro atoms. The number of nitrogens with zero attached hydrogens (tertiary/aromatic N) is 1. The first-order chi connectivity index (χ1) is 4.86. The van der Waals surface area contributed by atoms with E-state index in [-0.39, 0.29) is 0 Å². The zero-order valence-electron chi connectivity index (χ0n) is 5.62. The van der Waals surface area contributed by atoms with Gasteiger partial charge >= 0.3 is 0 Å². The minimum atomic E-state index is 0.393. The van der Waals surface area contributed by atoms with Crippen LogP contribution in [0, 0.1) is 5.92 Å². The first-order valence-electron chi connectivity index (χ1n) is 3.79. The Hall–Kier alpha value is -0.180. The molecule has 3 rings (SSSR count). The third-order valence-corrected chi connectivity index (χ3v) is 4.09.